The number of hydrogen-bond donors (Lipinski definition) is 2. The van der Waals surface area contributed by atoms with Crippen molar-refractivity contribution in [1.29, 1.82) is 0 Å². The highest BCUT2D eigenvalue weighted by Crippen LogP contribution is 2.41. The minimum absolute atomic E-state index is 0.260. The molecule has 0 bridgehead atoms. The fourth-order valence-corrected chi connectivity index (χ4v) is 4.84. The molecule has 3 aromatic rings. The molecule has 33 heavy (non-hydrogen) atoms. The summed E-state index contributed by atoms with van der Waals surface area (Å²) < 4.78 is 0. The van der Waals surface area contributed by atoms with Crippen LogP contribution in [0.15, 0.2) is 78.9 Å². The lowest BCUT2D eigenvalue weighted by Crippen LogP contribution is -2.44. The van der Waals surface area contributed by atoms with E-state index in [4.69, 9.17) is 0 Å². The van der Waals surface area contributed by atoms with Crippen molar-refractivity contribution in [2.24, 2.45) is 0 Å². The number of carbonyl (C=O) groups excluding carboxylic acids is 3. The first-order valence-electron chi connectivity index (χ1n) is 11.2. The van der Waals surface area contributed by atoms with Crippen LogP contribution in [-0.2, 0) is 21.5 Å². The Kier molecular flexibility index (Phi) is 5.21. The van der Waals surface area contributed by atoms with Gasteiger partial charge in [-0.3, -0.25) is 14.5 Å². The number of imide groups is 1. The van der Waals surface area contributed by atoms with Gasteiger partial charge in [0.25, 0.3) is 5.91 Å². The van der Waals surface area contributed by atoms with Gasteiger partial charge in [0.1, 0.15) is 12.1 Å². The van der Waals surface area contributed by atoms with Gasteiger partial charge in [0.2, 0.25) is 5.91 Å². The van der Waals surface area contributed by atoms with Gasteiger partial charge in [0.15, 0.2) is 0 Å². The Morgan fingerprint density at radius 3 is 2.39 bits per heavy atom. The van der Waals surface area contributed by atoms with E-state index < -0.39 is 11.6 Å². The number of amides is 4. The van der Waals surface area contributed by atoms with E-state index in [9.17, 15) is 14.4 Å². The molecule has 3 aromatic carbocycles. The predicted octanol–water partition coefficient (Wildman–Crippen LogP) is 3.92. The highest BCUT2D eigenvalue weighted by Gasteiger charge is 2.55. The fraction of sp³-hybridized carbons (Fsp3) is 0.222. The summed E-state index contributed by atoms with van der Waals surface area (Å²) in [7, 11) is 0. The van der Waals surface area contributed by atoms with Crippen LogP contribution in [0.1, 0.15) is 36.1 Å². The average molecular weight is 440 g/mol. The van der Waals surface area contributed by atoms with E-state index >= 15 is 0 Å². The standard InChI is InChI=1S/C27H25N3O3/c1-18(19-11-13-21(14-12-19)20-7-3-2-4-8-20)28-24(31)17-30-25(32)27(29-26(30)33)16-15-22-9-5-6-10-23(22)27/h2-14,18H,15-17H2,1H3,(H,28,31)(H,29,33). The Bertz CT molecular complexity index is 1220. The first kappa shape index (κ1) is 20.9. The molecule has 0 radical (unpaired) electrons. The lowest BCUT2D eigenvalue weighted by Gasteiger charge is -2.22. The van der Waals surface area contributed by atoms with Crippen LogP contribution in [0.2, 0.25) is 0 Å². The molecular weight excluding hydrogens is 414 g/mol. The molecule has 166 valence electrons. The molecular formula is C27H25N3O3. The van der Waals surface area contributed by atoms with Crippen molar-refractivity contribution < 1.29 is 14.4 Å². The Labute approximate surface area is 192 Å². The molecule has 4 amide bonds. The molecule has 1 heterocycles. The van der Waals surface area contributed by atoms with Crippen molar-refractivity contribution in [3.63, 3.8) is 0 Å². The van der Waals surface area contributed by atoms with Gasteiger partial charge in [-0.15, -0.1) is 0 Å². The molecule has 5 rings (SSSR count). The summed E-state index contributed by atoms with van der Waals surface area (Å²) >= 11 is 0. The zero-order chi connectivity index (χ0) is 23.0. The van der Waals surface area contributed by atoms with E-state index in [1.54, 1.807) is 0 Å². The first-order chi connectivity index (χ1) is 16.0. The maximum absolute atomic E-state index is 13.2. The van der Waals surface area contributed by atoms with Crippen LogP contribution in [-0.4, -0.2) is 29.3 Å². The van der Waals surface area contributed by atoms with Crippen molar-refractivity contribution in [2.75, 3.05) is 6.54 Å². The summed E-state index contributed by atoms with van der Waals surface area (Å²) in [6.07, 6.45) is 1.23. The molecule has 1 saturated heterocycles. The number of benzene rings is 3. The summed E-state index contributed by atoms with van der Waals surface area (Å²) in [5.41, 5.74) is 4.01. The molecule has 2 unspecified atom stereocenters. The maximum Gasteiger partial charge on any atom is 0.325 e. The number of fused-ring (bicyclic) bond motifs is 2. The Morgan fingerprint density at radius 2 is 1.64 bits per heavy atom. The van der Waals surface area contributed by atoms with Gasteiger partial charge >= 0.3 is 6.03 Å². The molecule has 2 atom stereocenters. The molecule has 0 aromatic heterocycles. The molecule has 6 nitrogen and oxygen atoms in total. The van der Waals surface area contributed by atoms with E-state index in [0.29, 0.717) is 6.42 Å². The third-order valence-corrected chi connectivity index (χ3v) is 6.62. The number of urea groups is 1. The minimum Gasteiger partial charge on any atom is -0.348 e. The van der Waals surface area contributed by atoms with Crippen molar-refractivity contribution in [1.82, 2.24) is 15.5 Å². The number of nitrogens with one attached hydrogen (secondary N) is 2. The maximum atomic E-state index is 13.2. The van der Waals surface area contributed by atoms with Gasteiger partial charge in [-0.25, -0.2) is 4.79 Å². The first-order valence-corrected chi connectivity index (χ1v) is 11.2. The van der Waals surface area contributed by atoms with Crippen LogP contribution >= 0.6 is 0 Å². The van der Waals surface area contributed by atoms with Crippen molar-refractivity contribution in [2.45, 2.75) is 31.3 Å². The minimum atomic E-state index is -1.05. The third-order valence-electron chi connectivity index (χ3n) is 6.62. The molecule has 6 heteroatoms. The van der Waals surface area contributed by atoms with Crippen LogP contribution in [0.5, 0.6) is 0 Å². The highest BCUT2D eigenvalue weighted by atomic mass is 16.2. The lowest BCUT2D eigenvalue weighted by molar-refractivity contribution is -0.135. The number of aryl methyl sites for hydroxylation is 1. The Hall–Kier alpha value is -3.93. The second-order valence-corrected chi connectivity index (χ2v) is 8.66. The predicted molar refractivity (Wildman–Crippen MR) is 125 cm³/mol. The summed E-state index contributed by atoms with van der Waals surface area (Å²) in [4.78, 5) is 39.6. The number of rotatable bonds is 5. The highest BCUT2D eigenvalue weighted by molar-refractivity contribution is 6.09. The molecule has 0 saturated carbocycles. The monoisotopic (exact) mass is 439 g/mol. The fourth-order valence-electron chi connectivity index (χ4n) is 4.84. The van der Waals surface area contributed by atoms with Crippen molar-refractivity contribution in [3.8, 4) is 11.1 Å². The number of carbonyl (C=O) groups is 3. The van der Waals surface area contributed by atoms with Gasteiger partial charge in [0, 0.05) is 0 Å². The number of nitrogens with zero attached hydrogens (tertiary/aromatic N) is 1. The van der Waals surface area contributed by atoms with Gasteiger partial charge in [-0.05, 0) is 47.6 Å². The zero-order valence-corrected chi connectivity index (χ0v) is 18.4. The average Bonchev–Trinajstić information content (AvgIpc) is 3.32. The molecule has 1 fully saturated rings. The van der Waals surface area contributed by atoms with Crippen LogP contribution in [0, 0.1) is 0 Å². The molecule has 1 aliphatic carbocycles. The van der Waals surface area contributed by atoms with Crippen LogP contribution in [0.3, 0.4) is 0 Å². The molecule has 1 aliphatic heterocycles. The zero-order valence-electron chi connectivity index (χ0n) is 18.4. The van der Waals surface area contributed by atoms with E-state index in [2.05, 4.69) is 10.6 Å². The SMILES string of the molecule is CC(NC(=O)CN1C(=O)NC2(CCc3ccccc32)C1=O)c1ccc(-c2ccccc2)cc1. The Morgan fingerprint density at radius 1 is 0.970 bits per heavy atom. The summed E-state index contributed by atoms with van der Waals surface area (Å²) in [5, 5.41) is 5.76. The smallest absolute Gasteiger partial charge is 0.325 e. The summed E-state index contributed by atoms with van der Waals surface area (Å²) in [6, 6.07) is 24.9. The van der Waals surface area contributed by atoms with Gasteiger partial charge in [-0.2, -0.15) is 0 Å². The van der Waals surface area contributed by atoms with Crippen molar-refractivity contribution >= 4 is 17.8 Å². The molecule has 2 N–H and O–H groups in total. The van der Waals surface area contributed by atoms with E-state index in [1.807, 2.05) is 85.8 Å². The topological polar surface area (TPSA) is 78.5 Å². The van der Waals surface area contributed by atoms with E-state index in [-0.39, 0.29) is 24.4 Å². The third kappa shape index (κ3) is 3.67. The van der Waals surface area contributed by atoms with Crippen molar-refractivity contribution in [3.05, 3.63) is 95.6 Å². The van der Waals surface area contributed by atoms with Gasteiger partial charge in [-0.1, -0.05) is 78.9 Å². The molecule has 1 spiro atoms. The summed E-state index contributed by atoms with van der Waals surface area (Å²) in [5.74, 6) is -0.728. The van der Waals surface area contributed by atoms with Crippen LogP contribution in [0.4, 0.5) is 4.79 Å². The second-order valence-electron chi connectivity index (χ2n) is 8.66. The van der Waals surface area contributed by atoms with Gasteiger partial charge in [0.05, 0.1) is 6.04 Å². The Balaban J connectivity index is 1.25. The number of hydrogen-bond acceptors (Lipinski definition) is 3. The van der Waals surface area contributed by atoms with E-state index in [1.165, 1.54) is 0 Å². The van der Waals surface area contributed by atoms with E-state index in [0.717, 1.165) is 39.1 Å². The normalized spacial score (nSPS) is 20.0. The van der Waals surface area contributed by atoms with Crippen LogP contribution in [0.25, 0.3) is 11.1 Å². The quantitative estimate of drug-likeness (QED) is 0.592. The van der Waals surface area contributed by atoms with Crippen LogP contribution < -0.4 is 10.6 Å². The largest absolute Gasteiger partial charge is 0.348 e. The molecule has 2 aliphatic rings. The second kappa shape index (κ2) is 8.20. The summed E-state index contributed by atoms with van der Waals surface area (Å²) in [6.45, 7) is 1.58. The van der Waals surface area contributed by atoms with Gasteiger partial charge < -0.3 is 10.6 Å². The lowest BCUT2D eigenvalue weighted by atomic mass is 9.92.